The number of nitro groups is 1. The molecule has 196 valence electrons. The maximum Gasteiger partial charge on any atom is 0.271 e. The first-order chi connectivity index (χ1) is 19.4. The van der Waals surface area contributed by atoms with Crippen LogP contribution in [0.4, 0.5) is 22.7 Å². The summed E-state index contributed by atoms with van der Waals surface area (Å²) >= 11 is 0. The average Bonchev–Trinajstić information content (AvgIpc) is 2.98. The average molecular weight is 523 g/mol. The summed E-state index contributed by atoms with van der Waals surface area (Å²) in [5.74, 6) is 0. The molecular weight excluding hydrogens is 492 g/mol. The number of benzene rings is 5. The lowest BCUT2D eigenvalue weighted by Gasteiger charge is -2.25. The molecule has 0 bridgehead atoms. The van der Waals surface area contributed by atoms with Crippen molar-refractivity contribution in [3.05, 3.63) is 165 Å². The quantitative estimate of drug-likeness (QED) is 0.116. The molecule has 0 N–H and O–H groups in total. The van der Waals surface area contributed by atoms with E-state index in [1.807, 2.05) is 35.2 Å². The molecule has 0 unspecified atom stereocenters. The van der Waals surface area contributed by atoms with Crippen LogP contribution in [-0.4, -0.2) is 4.92 Å². The lowest BCUT2D eigenvalue weighted by molar-refractivity contribution is -0.384. The molecule has 5 rings (SSSR count). The first kappa shape index (κ1) is 26.4. The second kappa shape index (κ2) is 12.1. The van der Waals surface area contributed by atoms with Gasteiger partial charge in [-0.15, -0.1) is 0 Å². The van der Waals surface area contributed by atoms with E-state index in [-0.39, 0.29) is 10.6 Å². The molecule has 4 heteroatoms. The fourth-order valence-corrected chi connectivity index (χ4v) is 4.40. The van der Waals surface area contributed by atoms with Gasteiger partial charge in [-0.25, -0.2) is 0 Å². The van der Waals surface area contributed by atoms with Gasteiger partial charge < -0.3 is 4.90 Å². The number of hydrogen-bond acceptors (Lipinski definition) is 3. The van der Waals surface area contributed by atoms with Crippen LogP contribution in [0.3, 0.4) is 0 Å². The first-order valence-electron chi connectivity index (χ1n) is 13.2. The largest absolute Gasteiger partial charge is 0.310 e. The Balaban J connectivity index is 1.44. The van der Waals surface area contributed by atoms with Crippen LogP contribution < -0.4 is 4.90 Å². The van der Waals surface area contributed by atoms with Crippen molar-refractivity contribution >= 4 is 47.1 Å². The Morgan fingerprint density at radius 2 is 0.900 bits per heavy atom. The summed E-state index contributed by atoms with van der Waals surface area (Å²) in [5, 5.41) is 11.5. The lowest BCUT2D eigenvalue weighted by Crippen LogP contribution is -2.10. The van der Waals surface area contributed by atoms with Crippen LogP contribution >= 0.6 is 0 Å². The Hall–Kier alpha value is -5.22. The molecule has 0 aliphatic heterocycles. The predicted octanol–water partition coefficient (Wildman–Crippen LogP) is 10.0. The summed E-state index contributed by atoms with van der Waals surface area (Å²) in [5.41, 5.74) is 9.49. The van der Waals surface area contributed by atoms with Crippen LogP contribution in [0.2, 0.25) is 0 Å². The van der Waals surface area contributed by atoms with Crippen molar-refractivity contribution in [2.24, 2.45) is 0 Å². The minimum absolute atomic E-state index is 0.0535. The highest BCUT2D eigenvalue weighted by molar-refractivity contribution is 5.80. The van der Waals surface area contributed by atoms with Gasteiger partial charge in [0, 0.05) is 23.5 Å². The van der Waals surface area contributed by atoms with E-state index in [2.05, 4.69) is 111 Å². The Morgan fingerprint density at radius 1 is 0.525 bits per heavy atom. The van der Waals surface area contributed by atoms with E-state index < -0.39 is 0 Å². The van der Waals surface area contributed by atoms with E-state index in [0.717, 1.165) is 39.3 Å². The standard InChI is InChI=1S/C36H30N2O2/c1-27-6-10-29(11-7-27)14-16-31-18-22-33(23-19-31)37(35-4-3-5-36(26-35)38(39)40)34-24-20-32(21-25-34)17-15-30-12-8-28(2)9-13-30/h3-26H,1-2H3. The number of anilines is 3. The molecule has 40 heavy (non-hydrogen) atoms. The third-order valence-corrected chi connectivity index (χ3v) is 6.69. The van der Waals surface area contributed by atoms with Crippen molar-refractivity contribution < 1.29 is 4.92 Å². The molecule has 4 nitrogen and oxygen atoms in total. The molecule has 5 aromatic carbocycles. The zero-order valence-corrected chi connectivity index (χ0v) is 22.6. The first-order valence-corrected chi connectivity index (χ1v) is 13.2. The zero-order valence-electron chi connectivity index (χ0n) is 22.6. The monoisotopic (exact) mass is 522 g/mol. The molecule has 0 spiro atoms. The molecule has 0 saturated carbocycles. The maximum atomic E-state index is 11.5. The highest BCUT2D eigenvalue weighted by Crippen LogP contribution is 2.36. The summed E-state index contributed by atoms with van der Waals surface area (Å²) < 4.78 is 0. The number of non-ortho nitro benzene ring substituents is 1. The van der Waals surface area contributed by atoms with Crippen LogP contribution in [0.25, 0.3) is 24.3 Å². The Kier molecular flexibility index (Phi) is 7.98. The van der Waals surface area contributed by atoms with Gasteiger partial charge in [-0.05, 0) is 66.4 Å². The SMILES string of the molecule is Cc1ccc(C=Cc2ccc(N(c3ccc(C=Cc4ccc(C)cc4)cc3)c3cccc([N+](=O)[O-])c3)cc2)cc1. The summed E-state index contributed by atoms with van der Waals surface area (Å²) in [6, 6.07) is 39.9. The Morgan fingerprint density at radius 3 is 1.27 bits per heavy atom. The molecule has 0 aliphatic rings. The molecule has 5 aromatic rings. The molecular formula is C36H30N2O2. The van der Waals surface area contributed by atoms with Gasteiger partial charge in [-0.1, -0.05) is 114 Å². The lowest BCUT2D eigenvalue weighted by atomic mass is 10.1. The van der Waals surface area contributed by atoms with E-state index in [1.54, 1.807) is 12.1 Å². The number of hydrogen-bond donors (Lipinski definition) is 0. The number of nitro benzene ring substituents is 1. The normalized spacial score (nSPS) is 11.2. The van der Waals surface area contributed by atoms with Crippen molar-refractivity contribution in [3.63, 3.8) is 0 Å². The van der Waals surface area contributed by atoms with E-state index in [1.165, 1.54) is 17.2 Å². The summed E-state index contributed by atoms with van der Waals surface area (Å²) in [7, 11) is 0. The molecule has 0 fully saturated rings. The van der Waals surface area contributed by atoms with Crippen molar-refractivity contribution in [1.29, 1.82) is 0 Å². The van der Waals surface area contributed by atoms with Gasteiger partial charge in [-0.2, -0.15) is 0 Å². The van der Waals surface area contributed by atoms with Crippen LogP contribution in [0.15, 0.2) is 121 Å². The second-order valence-electron chi connectivity index (χ2n) is 9.78. The molecule has 0 atom stereocenters. The number of aryl methyl sites for hydroxylation is 2. The van der Waals surface area contributed by atoms with Gasteiger partial charge in [0.1, 0.15) is 0 Å². The smallest absolute Gasteiger partial charge is 0.271 e. The molecule has 0 saturated heterocycles. The minimum Gasteiger partial charge on any atom is -0.310 e. The van der Waals surface area contributed by atoms with E-state index in [0.29, 0.717) is 0 Å². The summed E-state index contributed by atoms with van der Waals surface area (Å²) in [6.07, 6.45) is 8.36. The van der Waals surface area contributed by atoms with Gasteiger partial charge in [0.25, 0.3) is 5.69 Å². The van der Waals surface area contributed by atoms with Gasteiger partial charge in [0.2, 0.25) is 0 Å². The molecule has 0 amide bonds. The highest BCUT2D eigenvalue weighted by Gasteiger charge is 2.15. The predicted molar refractivity (Wildman–Crippen MR) is 168 cm³/mol. The van der Waals surface area contributed by atoms with E-state index in [4.69, 9.17) is 0 Å². The van der Waals surface area contributed by atoms with Gasteiger partial charge in [0.15, 0.2) is 0 Å². The molecule has 0 radical (unpaired) electrons. The fraction of sp³-hybridized carbons (Fsp3) is 0.0556. The van der Waals surface area contributed by atoms with Crippen molar-refractivity contribution in [3.8, 4) is 0 Å². The van der Waals surface area contributed by atoms with Crippen LogP contribution in [0, 0.1) is 24.0 Å². The van der Waals surface area contributed by atoms with Gasteiger partial charge in [0.05, 0.1) is 10.6 Å². The summed E-state index contributed by atoms with van der Waals surface area (Å²) in [6.45, 7) is 4.16. The van der Waals surface area contributed by atoms with Crippen LogP contribution in [0.1, 0.15) is 33.4 Å². The fourth-order valence-electron chi connectivity index (χ4n) is 4.40. The third-order valence-electron chi connectivity index (χ3n) is 6.69. The Bertz CT molecular complexity index is 1550. The number of nitrogens with zero attached hydrogens (tertiary/aromatic N) is 2. The minimum atomic E-state index is -0.361. The van der Waals surface area contributed by atoms with Gasteiger partial charge >= 0.3 is 0 Å². The molecule has 0 aliphatic carbocycles. The van der Waals surface area contributed by atoms with Crippen molar-refractivity contribution in [2.45, 2.75) is 13.8 Å². The zero-order chi connectivity index (χ0) is 27.9. The topological polar surface area (TPSA) is 46.4 Å². The van der Waals surface area contributed by atoms with Crippen molar-refractivity contribution in [1.82, 2.24) is 0 Å². The summed E-state index contributed by atoms with van der Waals surface area (Å²) in [4.78, 5) is 13.2. The number of rotatable bonds is 8. The van der Waals surface area contributed by atoms with Crippen LogP contribution in [0.5, 0.6) is 0 Å². The van der Waals surface area contributed by atoms with Crippen LogP contribution in [-0.2, 0) is 0 Å². The Labute approximate surface area is 235 Å². The molecule has 0 heterocycles. The maximum absolute atomic E-state index is 11.5. The van der Waals surface area contributed by atoms with E-state index >= 15 is 0 Å². The van der Waals surface area contributed by atoms with Gasteiger partial charge in [-0.3, -0.25) is 10.1 Å². The third kappa shape index (κ3) is 6.61. The van der Waals surface area contributed by atoms with Crippen molar-refractivity contribution in [2.75, 3.05) is 4.90 Å². The highest BCUT2D eigenvalue weighted by atomic mass is 16.6. The second-order valence-corrected chi connectivity index (χ2v) is 9.78. The van der Waals surface area contributed by atoms with E-state index in [9.17, 15) is 10.1 Å². The molecule has 0 aromatic heterocycles.